The van der Waals surface area contributed by atoms with Crippen LogP contribution in [0.1, 0.15) is 17.0 Å². The van der Waals surface area contributed by atoms with Crippen LogP contribution in [0.15, 0.2) is 48.5 Å². The normalized spacial score (nSPS) is 11.2. The number of benzene rings is 2. The molecule has 4 nitrogen and oxygen atoms in total. The molecular formula is C17H13FN4S. The number of fused-ring (bicyclic) bond motifs is 1. The second-order valence-electron chi connectivity index (χ2n) is 5.35. The molecule has 0 aliphatic rings. The van der Waals surface area contributed by atoms with Crippen molar-refractivity contribution in [3.63, 3.8) is 0 Å². The fraction of sp³-hybridized carbons (Fsp3) is 0.118. The molecule has 23 heavy (non-hydrogen) atoms. The van der Waals surface area contributed by atoms with E-state index in [9.17, 15) is 4.39 Å². The summed E-state index contributed by atoms with van der Waals surface area (Å²) >= 11 is 1.48. The summed E-state index contributed by atoms with van der Waals surface area (Å²) in [5.41, 5.74) is 2.84. The molecule has 0 fully saturated rings. The third-order valence-corrected chi connectivity index (χ3v) is 4.61. The lowest BCUT2D eigenvalue weighted by molar-refractivity contribution is 0.611. The molecule has 2 aromatic heterocycles. The smallest absolute Gasteiger partial charge is 0.207 e. The maximum Gasteiger partial charge on any atom is 0.234 e. The van der Waals surface area contributed by atoms with Crippen molar-refractivity contribution in [3.8, 4) is 10.6 Å². The quantitative estimate of drug-likeness (QED) is 0.574. The molecule has 0 aliphatic heterocycles. The van der Waals surface area contributed by atoms with Gasteiger partial charge in [-0.1, -0.05) is 59.4 Å². The summed E-state index contributed by atoms with van der Waals surface area (Å²) in [7, 11) is 0. The molecule has 0 saturated carbocycles. The highest BCUT2D eigenvalue weighted by Gasteiger charge is 2.14. The number of hydrogen-bond donors (Lipinski definition) is 0. The van der Waals surface area contributed by atoms with E-state index in [1.54, 1.807) is 16.6 Å². The molecule has 0 spiro atoms. The van der Waals surface area contributed by atoms with Crippen molar-refractivity contribution in [3.05, 3.63) is 71.3 Å². The zero-order valence-corrected chi connectivity index (χ0v) is 13.2. The first-order chi connectivity index (χ1) is 11.2. The topological polar surface area (TPSA) is 43.1 Å². The average Bonchev–Trinajstić information content (AvgIpc) is 3.12. The van der Waals surface area contributed by atoms with E-state index in [2.05, 4.69) is 34.4 Å². The Morgan fingerprint density at radius 1 is 1.04 bits per heavy atom. The Morgan fingerprint density at radius 3 is 2.61 bits per heavy atom. The molecule has 2 aromatic carbocycles. The molecule has 0 amide bonds. The zero-order valence-electron chi connectivity index (χ0n) is 12.4. The molecule has 0 bridgehead atoms. The van der Waals surface area contributed by atoms with Crippen LogP contribution in [0.3, 0.4) is 0 Å². The van der Waals surface area contributed by atoms with Gasteiger partial charge in [0.15, 0.2) is 5.82 Å². The Hall–Kier alpha value is -2.60. The number of hydrogen-bond acceptors (Lipinski definition) is 4. The van der Waals surface area contributed by atoms with Gasteiger partial charge in [-0.15, -0.1) is 10.2 Å². The first-order valence-electron chi connectivity index (χ1n) is 7.22. The van der Waals surface area contributed by atoms with Crippen molar-refractivity contribution in [1.29, 1.82) is 0 Å². The van der Waals surface area contributed by atoms with Gasteiger partial charge in [-0.25, -0.2) is 4.39 Å². The predicted octanol–water partition coefficient (Wildman–Crippen LogP) is 3.89. The maximum absolute atomic E-state index is 13.8. The van der Waals surface area contributed by atoms with Crippen LogP contribution in [0.2, 0.25) is 0 Å². The third-order valence-electron chi connectivity index (χ3n) is 3.66. The SMILES string of the molecule is Cc1ccc(-c2nn3c(Cc4ccccc4F)nnc3s2)cc1. The van der Waals surface area contributed by atoms with Crippen molar-refractivity contribution < 1.29 is 4.39 Å². The Bertz CT molecular complexity index is 972. The van der Waals surface area contributed by atoms with Gasteiger partial charge in [0, 0.05) is 12.0 Å². The van der Waals surface area contributed by atoms with Crippen molar-refractivity contribution in [2.75, 3.05) is 0 Å². The molecule has 0 aliphatic carbocycles. The minimum absolute atomic E-state index is 0.238. The molecule has 0 unspecified atom stereocenters. The average molecular weight is 324 g/mol. The van der Waals surface area contributed by atoms with Gasteiger partial charge in [0.2, 0.25) is 4.96 Å². The second kappa shape index (κ2) is 5.55. The van der Waals surface area contributed by atoms with E-state index < -0.39 is 0 Å². The summed E-state index contributed by atoms with van der Waals surface area (Å²) in [5, 5.41) is 13.8. The van der Waals surface area contributed by atoms with E-state index in [0.717, 1.165) is 10.6 Å². The molecule has 6 heteroatoms. The van der Waals surface area contributed by atoms with Crippen LogP contribution in [0, 0.1) is 12.7 Å². The zero-order chi connectivity index (χ0) is 15.8. The highest BCUT2D eigenvalue weighted by molar-refractivity contribution is 7.19. The van der Waals surface area contributed by atoms with Gasteiger partial charge >= 0.3 is 0 Å². The van der Waals surface area contributed by atoms with Crippen molar-refractivity contribution in [2.45, 2.75) is 13.3 Å². The van der Waals surface area contributed by atoms with Crippen molar-refractivity contribution >= 4 is 16.3 Å². The molecule has 0 N–H and O–H groups in total. The largest absolute Gasteiger partial charge is 0.234 e. The van der Waals surface area contributed by atoms with Crippen LogP contribution in [0.5, 0.6) is 0 Å². The van der Waals surface area contributed by atoms with Crippen LogP contribution in [-0.4, -0.2) is 19.8 Å². The number of aromatic nitrogens is 4. The van der Waals surface area contributed by atoms with Gasteiger partial charge in [-0.2, -0.15) is 9.61 Å². The molecule has 4 aromatic rings. The lowest BCUT2D eigenvalue weighted by Crippen LogP contribution is -1.99. The van der Waals surface area contributed by atoms with E-state index >= 15 is 0 Å². The van der Waals surface area contributed by atoms with Crippen LogP contribution >= 0.6 is 11.3 Å². The van der Waals surface area contributed by atoms with E-state index in [4.69, 9.17) is 0 Å². The van der Waals surface area contributed by atoms with Gasteiger partial charge < -0.3 is 0 Å². The summed E-state index contributed by atoms with van der Waals surface area (Å²) in [6.45, 7) is 2.05. The predicted molar refractivity (Wildman–Crippen MR) is 88.0 cm³/mol. The summed E-state index contributed by atoms with van der Waals surface area (Å²) < 4.78 is 15.5. The maximum atomic E-state index is 13.8. The van der Waals surface area contributed by atoms with Crippen molar-refractivity contribution in [1.82, 2.24) is 19.8 Å². The summed E-state index contributed by atoms with van der Waals surface area (Å²) in [5.74, 6) is 0.401. The molecular weight excluding hydrogens is 311 g/mol. The Morgan fingerprint density at radius 2 is 1.83 bits per heavy atom. The minimum atomic E-state index is -0.238. The summed E-state index contributed by atoms with van der Waals surface area (Å²) in [4.78, 5) is 0.715. The standard InChI is InChI=1S/C17H13FN4S/c1-11-6-8-12(9-7-11)16-21-22-15(19-20-17(22)23-16)10-13-4-2-3-5-14(13)18/h2-9H,10H2,1H3. The summed E-state index contributed by atoms with van der Waals surface area (Å²) in [6.07, 6.45) is 0.366. The lowest BCUT2D eigenvalue weighted by atomic mass is 10.1. The third kappa shape index (κ3) is 2.61. The first kappa shape index (κ1) is 14.0. The highest BCUT2D eigenvalue weighted by atomic mass is 32.1. The first-order valence-corrected chi connectivity index (χ1v) is 8.04. The Labute approximate surface area is 136 Å². The fourth-order valence-corrected chi connectivity index (χ4v) is 3.26. The number of rotatable bonds is 3. The van der Waals surface area contributed by atoms with E-state index in [1.807, 2.05) is 18.2 Å². The van der Waals surface area contributed by atoms with E-state index in [-0.39, 0.29) is 5.82 Å². The Kier molecular flexibility index (Phi) is 3.38. The fourth-order valence-electron chi connectivity index (χ4n) is 2.39. The molecule has 0 atom stereocenters. The minimum Gasteiger partial charge on any atom is -0.207 e. The van der Waals surface area contributed by atoms with Gasteiger partial charge in [0.05, 0.1) is 0 Å². The Balaban J connectivity index is 1.72. The van der Waals surface area contributed by atoms with Gasteiger partial charge in [-0.3, -0.25) is 0 Å². The summed E-state index contributed by atoms with van der Waals surface area (Å²) in [6, 6.07) is 14.9. The van der Waals surface area contributed by atoms with Crippen molar-refractivity contribution in [2.24, 2.45) is 0 Å². The number of halogens is 1. The van der Waals surface area contributed by atoms with Crippen LogP contribution in [-0.2, 0) is 6.42 Å². The number of aryl methyl sites for hydroxylation is 1. The lowest BCUT2D eigenvalue weighted by Gasteiger charge is -2.00. The van der Waals surface area contributed by atoms with Gasteiger partial charge in [0.1, 0.15) is 10.8 Å². The van der Waals surface area contributed by atoms with Crippen LogP contribution < -0.4 is 0 Å². The molecule has 4 rings (SSSR count). The molecule has 2 heterocycles. The monoisotopic (exact) mass is 324 g/mol. The van der Waals surface area contributed by atoms with E-state index in [0.29, 0.717) is 22.8 Å². The van der Waals surface area contributed by atoms with Crippen LogP contribution in [0.25, 0.3) is 15.5 Å². The molecule has 0 radical (unpaired) electrons. The molecule has 114 valence electrons. The van der Waals surface area contributed by atoms with Gasteiger partial charge in [0.25, 0.3) is 0 Å². The molecule has 0 saturated heterocycles. The van der Waals surface area contributed by atoms with E-state index in [1.165, 1.54) is 23.0 Å². The number of nitrogens with zero attached hydrogens (tertiary/aromatic N) is 4. The van der Waals surface area contributed by atoms with Crippen LogP contribution in [0.4, 0.5) is 4.39 Å². The van der Waals surface area contributed by atoms with Gasteiger partial charge in [-0.05, 0) is 18.6 Å². The highest BCUT2D eigenvalue weighted by Crippen LogP contribution is 2.26. The second-order valence-corrected chi connectivity index (χ2v) is 6.31.